The summed E-state index contributed by atoms with van der Waals surface area (Å²) in [6, 6.07) is 0. The second-order valence-corrected chi connectivity index (χ2v) is 5.96. The van der Waals surface area contributed by atoms with Crippen molar-refractivity contribution in [2.24, 2.45) is 11.3 Å². The molecule has 1 unspecified atom stereocenters. The first kappa shape index (κ1) is 8.34. The molecule has 16 heavy (non-hydrogen) atoms. The van der Waals surface area contributed by atoms with E-state index in [4.69, 9.17) is 26.6 Å². The summed E-state index contributed by atoms with van der Waals surface area (Å²) in [5, 5.41) is 0. The van der Waals surface area contributed by atoms with E-state index in [1.54, 1.807) is 0 Å². The van der Waals surface area contributed by atoms with Crippen molar-refractivity contribution in [3.8, 4) is 0 Å². The quantitative estimate of drug-likeness (QED) is 0.663. The van der Waals surface area contributed by atoms with Crippen molar-refractivity contribution in [2.45, 2.75) is 58.2 Å². The number of hydrogen-bond donors (Lipinski definition) is 0. The SMILES string of the molecule is [2H]C1([2H])CC(C(C)(C)C)CC([2H])([2H])C12OCC(CCl)O2. The van der Waals surface area contributed by atoms with Crippen molar-refractivity contribution in [1.29, 1.82) is 0 Å². The molecule has 1 heterocycles. The topological polar surface area (TPSA) is 18.5 Å². The van der Waals surface area contributed by atoms with Crippen molar-refractivity contribution in [3.05, 3.63) is 0 Å². The summed E-state index contributed by atoms with van der Waals surface area (Å²) in [6.45, 7) is 6.18. The molecule has 1 aliphatic heterocycles. The normalized spacial score (nSPS) is 41.1. The molecule has 1 atom stereocenters. The Morgan fingerprint density at radius 2 is 2.00 bits per heavy atom. The Morgan fingerprint density at radius 3 is 2.44 bits per heavy atom. The molecule has 2 nitrogen and oxygen atoms in total. The number of ether oxygens (including phenoxy) is 2. The van der Waals surface area contributed by atoms with Gasteiger partial charge in [0.1, 0.15) is 0 Å². The van der Waals surface area contributed by atoms with E-state index in [9.17, 15) is 0 Å². The Hall–Kier alpha value is 0.210. The highest BCUT2D eigenvalue weighted by Crippen LogP contribution is 2.45. The molecule has 0 aromatic rings. The van der Waals surface area contributed by atoms with E-state index >= 15 is 0 Å². The van der Waals surface area contributed by atoms with Crippen LogP contribution < -0.4 is 0 Å². The Labute approximate surface area is 109 Å². The van der Waals surface area contributed by atoms with E-state index in [2.05, 4.69) is 0 Å². The van der Waals surface area contributed by atoms with E-state index < -0.39 is 24.6 Å². The average molecular weight is 251 g/mol. The van der Waals surface area contributed by atoms with Crippen LogP contribution in [-0.2, 0) is 9.47 Å². The lowest BCUT2D eigenvalue weighted by atomic mass is 9.71. The molecule has 0 N–H and O–H groups in total. The van der Waals surface area contributed by atoms with E-state index in [0.717, 1.165) is 0 Å². The highest BCUT2D eigenvalue weighted by molar-refractivity contribution is 6.18. The standard InChI is InChI=1S/C13H23ClO2/c1-12(2,3)10-4-6-13(7-5-10)15-9-11(8-14)16-13/h10-11H,4-9H2,1-3H3/i6D2,7D2. The van der Waals surface area contributed by atoms with E-state index in [1.807, 2.05) is 20.8 Å². The first-order chi connectivity index (χ1) is 8.95. The molecule has 94 valence electrons. The van der Waals surface area contributed by atoms with Gasteiger partial charge in [0.2, 0.25) is 0 Å². The second-order valence-electron chi connectivity index (χ2n) is 5.65. The lowest BCUT2D eigenvalue weighted by Gasteiger charge is -2.41. The monoisotopic (exact) mass is 250 g/mol. The van der Waals surface area contributed by atoms with Gasteiger partial charge < -0.3 is 9.47 Å². The largest absolute Gasteiger partial charge is 0.347 e. The summed E-state index contributed by atoms with van der Waals surface area (Å²) in [5.74, 6) is -1.72. The average Bonchev–Trinajstić information content (AvgIpc) is 2.70. The molecule has 0 radical (unpaired) electrons. The summed E-state index contributed by atoms with van der Waals surface area (Å²) in [4.78, 5) is 0. The van der Waals surface area contributed by atoms with Crippen LogP contribution >= 0.6 is 11.6 Å². The predicted molar refractivity (Wildman–Crippen MR) is 65.7 cm³/mol. The molecule has 0 aromatic heterocycles. The van der Waals surface area contributed by atoms with Crippen LogP contribution in [0.3, 0.4) is 0 Å². The molecular formula is C13H23ClO2. The Kier molecular flexibility index (Phi) is 2.33. The summed E-state index contributed by atoms with van der Waals surface area (Å²) < 4.78 is 44.5. The molecule has 2 fully saturated rings. The fourth-order valence-electron chi connectivity index (χ4n) is 2.04. The zero-order chi connectivity index (χ0) is 15.4. The molecule has 2 aliphatic rings. The Morgan fingerprint density at radius 1 is 1.38 bits per heavy atom. The van der Waals surface area contributed by atoms with Gasteiger partial charge in [0.05, 0.1) is 18.6 Å². The lowest BCUT2D eigenvalue weighted by Crippen LogP contribution is -2.38. The van der Waals surface area contributed by atoms with Crippen LogP contribution in [0.5, 0.6) is 0 Å². The van der Waals surface area contributed by atoms with Gasteiger partial charge in [-0.1, -0.05) is 20.8 Å². The van der Waals surface area contributed by atoms with E-state index in [0.29, 0.717) is 0 Å². The van der Waals surface area contributed by atoms with Crippen molar-refractivity contribution in [3.63, 3.8) is 0 Å². The molecule has 1 aliphatic carbocycles. The van der Waals surface area contributed by atoms with Crippen LogP contribution in [0.15, 0.2) is 0 Å². The van der Waals surface area contributed by atoms with Crippen LogP contribution in [0.4, 0.5) is 0 Å². The van der Waals surface area contributed by atoms with Crippen molar-refractivity contribution >= 4 is 11.6 Å². The summed E-state index contributed by atoms with van der Waals surface area (Å²) in [7, 11) is 0. The molecule has 0 aromatic carbocycles. The lowest BCUT2D eigenvalue weighted by molar-refractivity contribution is -0.194. The highest BCUT2D eigenvalue weighted by Gasteiger charge is 2.45. The van der Waals surface area contributed by atoms with Gasteiger partial charge in [-0.3, -0.25) is 0 Å². The van der Waals surface area contributed by atoms with Gasteiger partial charge in [0, 0.05) is 18.2 Å². The minimum atomic E-state index is -1.88. The van der Waals surface area contributed by atoms with E-state index in [1.165, 1.54) is 0 Å². The van der Waals surface area contributed by atoms with E-state index in [-0.39, 0.29) is 36.7 Å². The van der Waals surface area contributed by atoms with Gasteiger partial charge in [-0.2, -0.15) is 0 Å². The Bertz CT molecular complexity index is 363. The molecule has 1 saturated heterocycles. The van der Waals surface area contributed by atoms with Crippen molar-refractivity contribution < 1.29 is 15.0 Å². The van der Waals surface area contributed by atoms with Crippen molar-refractivity contribution in [2.75, 3.05) is 12.5 Å². The summed E-state index contributed by atoms with van der Waals surface area (Å²) in [6.07, 6.45) is -3.76. The maximum absolute atomic E-state index is 8.34. The number of hydrogen-bond acceptors (Lipinski definition) is 2. The first-order valence-electron chi connectivity index (χ1n) is 7.83. The number of alkyl halides is 1. The number of rotatable bonds is 1. The fraction of sp³-hybridized carbons (Fsp3) is 1.00. The van der Waals surface area contributed by atoms with Crippen LogP contribution in [0.2, 0.25) is 0 Å². The predicted octanol–water partition coefficient (Wildman–Crippen LogP) is 3.57. The van der Waals surface area contributed by atoms with Gasteiger partial charge in [0.25, 0.3) is 0 Å². The molecular weight excluding hydrogens is 224 g/mol. The molecule has 1 spiro atoms. The molecule has 2 rings (SSSR count). The smallest absolute Gasteiger partial charge is 0.168 e. The van der Waals surface area contributed by atoms with Gasteiger partial charge in [-0.25, -0.2) is 0 Å². The fourth-order valence-corrected chi connectivity index (χ4v) is 2.19. The minimum Gasteiger partial charge on any atom is -0.347 e. The van der Waals surface area contributed by atoms with Crippen LogP contribution in [0.1, 0.15) is 51.8 Å². The van der Waals surface area contributed by atoms with Gasteiger partial charge in [-0.05, 0) is 24.2 Å². The molecule has 1 saturated carbocycles. The Balaban J connectivity index is 2.35. The molecule has 0 bridgehead atoms. The third-order valence-electron chi connectivity index (χ3n) is 3.36. The van der Waals surface area contributed by atoms with Crippen LogP contribution in [0, 0.1) is 11.3 Å². The third kappa shape index (κ3) is 2.55. The van der Waals surface area contributed by atoms with Crippen LogP contribution in [-0.4, -0.2) is 24.4 Å². The zero-order valence-electron chi connectivity index (χ0n) is 14.2. The third-order valence-corrected chi connectivity index (χ3v) is 3.71. The van der Waals surface area contributed by atoms with Crippen molar-refractivity contribution in [1.82, 2.24) is 0 Å². The zero-order valence-corrected chi connectivity index (χ0v) is 10.9. The number of halogens is 1. The summed E-state index contributed by atoms with van der Waals surface area (Å²) >= 11 is 5.75. The highest BCUT2D eigenvalue weighted by atomic mass is 35.5. The van der Waals surface area contributed by atoms with Crippen LogP contribution in [0.25, 0.3) is 0 Å². The maximum Gasteiger partial charge on any atom is 0.168 e. The van der Waals surface area contributed by atoms with Gasteiger partial charge in [0.15, 0.2) is 5.79 Å². The first-order valence-corrected chi connectivity index (χ1v) is 6.36. The van der Waals surface area contributed by atoms with Gasteiger partial charge >= 0.3 is 0 Å². The second kappa shape index (κ2) is 4.47. The molecule has 0 amide bonds. The molecule has 3 heteroatoms. The minimum absolute atomic E-state index is 0.0691. The van der Waals surface area contributed by atoms with Gasteiger partial charge in [-0.15, -0.1) is 11.6 Å². The maximum atomic E-state index is 8.34. The summed E-state index contributed by atoms with van der Waals surface area (Å²) in [5.41, 5.74) is -0.160.